The minimum atomic E-state index is -0.668. The van der Waals surface area contributed by atoms with E-state index in [-0.39, 0.29) is 12.1 Å². The van der Waals surface area contributed by atoms with Gasteiger partial charge in [-0.1, -0.05) is 13.8 Å². The predicted molar refractivity (Wildman–Crippen MR) is 74.1 cm³/mol. The number of aryl methyl sites for hydroxylation is 1. The molecule has 0 saturated carbocycles. The Morgan fingerprint density at radius 1 is 1.56 bits per heavy atom. The number of hydrogen-bond acceptors (Lipinski definition) is 3. The van der Waals surface area contributed by atoms with Crippen molar-refractivity contribution in [1.29, 1.82) is 0 Å². The van der Waals surface area contributed by atoms with Crippen LogP contribution in [0.15, 0.2) is 12.1 Å². The molecule has 3 nitrogen and oxygen atoms in total. The number of nitrogens with zero attached hydrogens (tertiary/aromatic N) is 1. The van der Waals surface area contributed by atoms with Gasteiger partial charge in [0, 0.05) is 15.8 Å². The molecule has 100 valence electrons. The lowest BCUT2D eigenvalue weighted by Crippen LogP contribution is -2.38. The van der Waals surface area contributed by atoms with E-state index in [4.69, 9.17) is 0 Å². The molecule has 1 saturated heterocycles. The lowest BCUT2D eigenvalue weighted by molar-refractivity contribution is -0.143. The number of carboxylic acid groups (broad SMARTS) is 1. The maximum atomic E-state index is 11.3. The fourth-order valence-corrected chi connectivity index (χ4v) is 3.95. The maximum Gasteiger partial charge on any atom is 0.320 e. The summed E-state index contributed by atoms with van der Waals surface area (Å²) < 4.78 is 0. The van der Waals surface area contributed by atoms with Crippen molar-refractivity contribution in [2.75, 3.05) is 6.54 Å². The second-order valence-corrected chi connectivity index (χ2v) is 6.02. The van der Waals surface area contributed by atoms with Gasteiger partial charge < -0.3 is 5.11 Å². The Kier molecular flexibility index (Phi) is 4.40. The second kappa shape index (κ2) is 5.85. The van der Waals surface area contributed by atoms with Crippen molar-refractivity contribution in [3.05, 3.63) is 21.9 Å². The molecule has 0 radical (unpaired) electrons. The van der Waals surface area contributed by atoms with E-state index in [2.05, 4.69) is 30.9 Å². The lowest BCUT2D eigenvalue weighted by Gasteiger charge is -2.29. The summed E-state index contributed by atoms with van der Waals surface area (Å²) in [5.41, 5.74) is 0. The second-order valence-electron chi connectivity index (χ2n) is 4.82. The quantitative estimate of drug-likeness (QED) is 0.889. The Labute approximate surface area is 112 Å². The van der Waals surface area contributed by atoms with Crippen molar-refractivity contribution in [1.82, 2.24) is 4.90 Å². The zero-order valence-corrected chi connectivity index (χ0v) is 11.9. The van der Waals surface area contributed by atoms with Crippen LogP contribution in [0.5, 0.6) is 0 Å². The molecule has 1 N–H and O–H groups in total. The van der Waals surface area contributed by atoms with Gasteiger partial charge in [-0.3, -0.25) is 9.69 Å². The van der Waals surface area contributed by atoms with E-state index >= 15 is 0 Å². The van der Waals surface area contributed by atoms with Gasteiger partial charge >= 0.3 is 5.97 Å². The smallest absolute Gasteiger partial charge is 0.320 e. The average molecular weight is 267 g/mol. The number of likely N-dealkylation sites (tertiary alicyclic amines) is 1. The Morgan fingerprint density at radius 3 is 2.89 bits per heavy atom. The fourth-order valence-electron chi connectivity index (χ4n) is 2.79. The normalized spacial score (nSPS) is 22.2. The van der Waals surface area contributed by atoms with Gasteiger partial charge in [0.15, 0.2) is 0 Å². The molecule has 18 heavy (non-hydrogen) atoms. The van der Waals surface area contributed by atoms with Gasteiger partial charge in [0.25, 0.3) is 0 Å². The van der Waals surface area contributed by atoms with Crippen molar-refractivity contribution >= 4 is 17.3 Å². The number of rotatable bonds is 5. The highest BCUT2D eigenvalue weighted by Crippen LogP contribution is 2.35. The summed E-state index contributed by atoms with van der Waals surface area (Å²) in [6, 6.07) is 4.34. The number of aliphatic carboxylic acids is 1. The standard InChI is InChI=1S/C14H21NO2S/c1-3-10-7-8-13(18-10)11(4-2)15-9-5-6-12(15)14(16)17/h7-8,11-12H,3-6,9H2,1-2H3,(H,16,17). The van der Waals surface area contributed by atoms with Crippen LogP contribution >= 0.6 is 11.3 Å². The van der Waals surface area contributed by atoms with Crippen molar-refractivity contribution in [2.24, 2.45) is 0 Å². The fraction of sp³-hybridized carbons (Fsp3) is 0.643. The largest absolute Gasteiger partial charge is 0.480 e. The molecular formula is C14H21NO2S. The van der Waals surface area contributed by atoms with E-state index in [1.807, 2.05) is 11.3 Å². The highest BCUT2D eigenvalue weighted by molar-refractivity contribution is 7.12. The molecular weight excluding hydrogens is 246 g/mol. The third kappa shape index (κ3) is 2.59. The summed E-state index contributed by atoms with van der Waals surface area (Å²) in [6.45, 7) is 5.22. The minimum Gasteiger partial charge on any atom is -0.480 e. The Balaban J connectivity index is 2.19. The van der Waals surface area contributed by atoms with Crippen LogP contribution in [0.4, 0.5) is 0 Å². The number of thiophene rings is 1. The van der Waals surface area contributed by atoms with E-state index < -0.39 is 5.97 Å². The minimum absolute atomic E-state index is 0.277. The predicted octanol–water partition coefficient (Wildman–Crippen LogP) is 3.31. The molecule has 2 atom stereocenters. The van der Waals surface area contributed by atoms with Crippen molar-refractivity contribution in [2.45, 2.75) is 51.6 Å². The van der Waals surface area contributed by atoms with E-state index in [1.54, 1.807) is 0 Å². The van der Waals surface area contributed by atoms with Gasteiger partial charge in [-0.05, 0) is 44.4 Å². The van der Waals surface area contributed by atoms with E-state index in [0.717, 1.165) is 32.2 Å². The molecule has 0 aromatic carbocycles. The van der Waals surface area contributed by atoms with Gasteiger partial charge in [0.05, 0.1) is 0 Å². The third-order valence-corrected chi connectivity index (χ3v) is 5.06. The Bertz CT molecular complexity index is 416. The summed E-state index contributed by atoms with van der Waals surface area (Å²) in [4.78, 5) is 16.2. The molecule has 1 aromatic rings. The molecule has 0 amide bonds. The van der Waals surface area contributed by atoms with E-state index in [0.29, 0.717) is 0 Å². The zero-order valence-electron chi connectivity index (χ0n) is 11.1. The first-order valence-corrected chi connectivity index (χ1v) is 7.56. The van der Waals surface area contributed by atoms with Gasteiger partial charge in [0.1, 0.15) is 6.04 Å². The average Bonchev–Trinajstić information content (AvgIpc) is 2.98. The van der Waals surface area contributed by atoms with Crippen molar-refractivity contribution < 1.29 is 9.90 Å². The molecule has 2 unspecified atom stereocenters. The van der Waals surface area contributed by atoms with Crippen LogP contribution in [-0.2, 0) is 11.2 Å². The number of hydrogen-bond donors (Lipinski definition) is 1. The van der Waals surface area contributed by atoms with Crippen LogP contribution < -0.4 is 0 Å². The summed E-state index contributed by atoms with van der Waals surface area (Å²) in [7, 11) is 0. The summed E-state index contributed by atoms with van der Waals surface area (Å²) in [5, 5.41) is 9.29. The Morgan fingerprint density at radius 2 is 2.33 bits per heavy atom. The maximum absolute atomic E-state index is 11.3. The summed E-state index contributed by atoms with van der Waals surface area (Å²) in [6.07, 6.45) is 3.83. The summed E-state index contributed by atoms with van der Waals surface area (Å²) in [5.74, 6) is -0.668. The first kappa shape index (κ1) is 13.6. The van der Waals surface area contributed by atoms with Crippen LogP contribution in [0.1, 0.15) is 48.9 Å². The van der Waals surface area contributed by atoms with E-state index in [1.165, 1.54) is 9.75 Å². The highest BCUT2D eigenvalue weighted by atomic mass is 32.1. The van der Waals surface area contributed by atoms with Gasteiger partial charge in [0.2, 0.25) is 0 Å². The van der Waals surface area contributed by atoms with Crippen molar-refractivity contribution in [3.63, 3.8) is 0 Å². The third-order valence-electron chi connectivity index (χ3n) is 3.73. The van der Waals surface area contributed by atoms with Crippen molar-refractivity contribution in [3.8, 4) is 0 Å². The monoisotopic (exact) mass is 267 g/mol. The molecule has 2 rings (SSSR count). The first-order chi connectivity index (χ1) is 8.67. The molecule has 1 fully saturated rings. The molecule has 1 aliphatic heterocycles. The van der Waals surface area contributed by atoms with Gasteiger partial charge in [-0.25, -0.2) is 0 Å². The molecule has 1 aliphatic rings. The van der Waals surface area contributed by atoms with Gasteiger partial charge in [-0.2, -0.15) is 0 Å². The molecule has 0 aliphatic carbocycles. The zero-order chi connectivity index (χ0) is 13.1. The van der Waals surface area contributed by atoms with Crippen LogP contribution in [0.25, 0.3) is 0 Å². The molecule has 0 spiro atoms. The summed E-state index contributed by atoms with van der Waals surface area (Å²) >= 11 is 1.83. The number of carboxylic acids is 1. The van der Waals surface area contributed by atoms with Crippen LogP contribution in [0.3, 0.4) is 0 Å². The molecule has 2 heterocycles. The topological polar surface area (TPSA) is 40.5 Å². The van der Waals surface area contributed by atoms with Crippen LogP contribution in [-0.4, -0.2) is 28.6 Å². The highest BCUT2D eigenvalue weighted by Gasteiger charge is 2.35. The van der Waals surface area contributed by atoms with Gasteiger partial charge in [-0.15, -0.1) is 11.3 Å². The lowest BCUT2D eigenvalue weighted by atomic mass is 10.1. The molecule has 0 bridgehead atoms. The van der Waals surface area contributed by atoms with Crippen LogP contribution in [0, 0.1) is 0 Å². The first-order valence-electron chi connectivity index (χ1n) is 6.74. The number of carbonyl (C=O) groups is 1. The van der Waals surface area contributed by atoms with E-state index in [9.17, 15) is 9.90 Å². The molecule has 4 heteroatoms. The van der Waals surface area contributed by atoms with Crippen LogP contribution in [0.2, 0.25) is 0 Å². The Hall–Kier alpha value is -0.870. The molecule has 1 aromatic heterocycles. The SMILES string of the molecule is CCc1ccc(C(CC)N2CCCC2C(=O)O)s1.